The average Bonchev–Trinajstić information content (AvgIpc) is 1.90. The minimum absolute atomic E-state index is 0.0692. The Morgan fingerprint density at radius 2 is 2.20 bits per heavy atom. The molecule has 0 aliphatic carbocycles. The summed E-state index contributed by atoms with van der Waals surface area (Å²) in [4.78, 5) is 12.5. The first kappa shape index (κ1) is 8.74. The molecule has 0 fully saturated rings. The van der Waals surface area contributed by atoms with E-state index in [2.05, 4.69) is 4.99 Å². The lowest BCUT2D eigenvalue weighted by atomic mass is 10.3. The van der Waals surface area contributed by atoms with Gasteiger partial charge in [-0.2, -0.15) is 8.78 Å². The van der Waals surface area contributed by atoms with Crippen LogP contribution in [0.1, 0.15) is 0 Å². The van der Waals surface area contributed by atoms with E-state index in [9.17, 15) is 13.6 Å². The van der Waals surface area contributed by atoms with E-state index < -0.39 is 6.55 Å². The lowest BCUT2D eigenvalue weighted by Gasteiger charge is -1.86. The molecular weight excluding hydrogens is 142 g/mol. The van der Waals surface area contributed by atoms with Gasteiger partial charge in [-0.25, -0.2) is 4.99 Å². The third kappa shape index (κ3) is 3.71. The summed E-state index contributed by atoms with van der Waals surface area (Å²) in [6, 6.07) is 0. The summed E-state index contributed by atoms with van der Waals surface area (Å²) in [5.41, 5.74) is 4.77. The fourth-order valence-corrected chi connectivity index (χ4v) is 0.255. The Morgan fingerprint density at radius 1 is 1.60 bits per heavy atom. The van der Waals surface area contributed by atoms with Gasteiger partial charge in [0.05, 0.1) is 0 Å². The average molecular weight is 148 g/mol. The molecule has 5 heteroatoms. The first-order valence-electron chi connectivity index (χ1n) is 2.39. The molecule has 0 atom stereocenters. The monoisotopic (exact) mass is 148 g/mol. The van der Waals surface area contributed by atoms with E-state index in [0.717, 1.165) is 12.4 Å². The second kappa shape index (κ2) is 4.60. The van der Waals surface area contributed by atoms with E-state index in [-0.39, 0.29) is 5.57 Å². The molecule has 0 aliphatic rings. The van der Waals surface area contributed by atoms with Gasteiger partial charge in [-0.05, 0) is 0 Å². The summed E-state index contributed by atoms with van der Waals surface area (Å²) in [5.74, 6) is 0. The van der Waals surface area contributed by atoms with Crippen molar-refractivity contribution in [3.63, 3.8) is 0 Å². The summed E-state index contributed by atoms with van der Waals surface area (Å²) in [6.45, 7) is -2.80. The molecule has 0 heterocycles. The van der Waals surface area contributed by atoms with Crippen LogP contribution in [0, 0.1) is 0 Å². The van der Waals surface area contributed by atoms with E-state index in [0.29, 0.717) is 6.29 Å². The molecule has 56 valence electrons. The Hall–Kier alpha value is -1.26. The van der Waals surface area contributed by atoms with E-state index in [1.54, 1.807) is 0 Å². The standard InChI is InChI=1S/C5H6F2N2O/c6-5(7)9-2-4(1-8)3-10/h1-3,5H,8H2. The van der Waals surface area contributed by atoms with Gasteiger partial charge in [0.2, 0.25) is 0 Å². The molecule has 0 amide bonds. The zero-order valence-corrected chi connectivity index (χ0v) is 5.00. The molecule has 0 aromatic carbocycles. The Balaban J connectivity index is 3.98. The van der Waals surface area contributed by atoms with Crippen LogP contribution in [0.25, 0.3) is 0 Å². The molecule has 0 aromatic heterocycles. The summed E-state index contributed by atoms with van der Waals surface area (Å²) in [7, 11) is 0. The number of allylic oxidation sites excluding steroid dienone is 1. The van der Waals surface area contributed by atoms with Crippen LogP contribution in [0.2, 0.25) is 0 Å². The van der Waals surface area contributed by atoms with Crippen molar-refractivity contribution in [2.24, 2.45) is 10.7 Å². The van der Waals surface area contributed by atoms with Gasteiger partial charge < -0.3 is 5.73 Å². The molecule has 3 nitrogen and oxygen atoms in total. The van der Waals surface area contributed by atoms with Crippen LogP contribution in [-0.2, 0) is 4.79 Å². The van der Waals surface area contributed by atoms with Crippen molar-refractivity contribution in [1.82, 2.24) is 0 Å². The number of nitrogens with zero attached hydrogens (tertiary/aromatic N) is 1. The second-order valence-corrected chi connectivity index (χ2v) is 1.34. The third-order valence-corrected chi connectivity index (χ3v) is 0.665. The van der Waals surface area contributed by atoms with Crippen LogP contribution in [0.3, 0.4) is 0 Å². The van der Waals surface area contributed by atoms with Gasteiger partial charge in [0.25, 0.3) is 0 Å². The highest BCUT2D eigenvalue weighted by molar-refractivity contribution is 6.01. The van der Waals surface area contributed by atoms with Gasteiger partial charge in [-0.3, -0.25) is 4.79 Å². The van der Waals surface area contributed by atoms with Crippen molar-refractivity contribution in [1.29, 1.82) is 0 Å². The normalized spacial score (nSPS) is 12.9. The first-order valence-corrected chi connectivity index (χ1v) is 2.39. The van der Waals surface area contributed by atoms with E-state index in [1.807, 2.05) is 0 Å². The Labute approximate surface area is 56.2 Å². The number of hydrogen-bond acceptors (Lipinski definition) is 3. The lowest BCUT2D eigenvalue weighted by Crippen LogP contribution is -1.94. The molecule has 0 spiro atoms. The van der Waals surface area contributed by atoms with Crippen LogP contribution in [-0.4, -0.2) is 19.1 Å². The largest absolute Gasteiger partial charge is 0.404 e. The topological polar surface area (TPSA) is 55.5 Å². The molecule has 0 saturated carbocycles. The molecule has 0 aromatic rings. The summed E-state index contributed by atoms with van der Waals surface area (Å²) < 4.78 is 22.6. The SMILES string of the molecule is NC=C(C=O)C=NC(F)F. The van der Waals surface area contributed by atoms with Crippen molar-refractivity contribution >= 4 is 12.5 Å². The molecule has 10 heavy (non-hydrogen) atoms. The van der Waals surface area contributed by atoms with Crippen LogP contribution in [0.5, 0.6) is 0 Å². The molecule has 0 saturated heterocycles. The fraction of sp³-hybridized carbons (Fsp3) is 0.200. The Kier molecular flexibility index (Phi) is 4.02. The first-order chi connectivity index (χ1) is 4.70. The number of aliphatic imine (C=N–C) groups is 1. The number of aldehydes is 1. The fourth-order valence-electron chi connectivity index (χ4n) is 0.255. The zero-order chi connectivity index (χ0) is 7.98. The highest BCUT2D eigenvalue weighted by Crippen LogP contribution is 1.92. The van der Waals surface area contributed by atoms with E-state index in [4.69, 9.17) is 5.73 Å². The number of nitrogens with two attached hydrogens (primary N) is 1. The molecule has 0 rings (SSSR count). The molecular formula is C5H6F2N2O. The highest BCUT2D eigenvalue weighted by Gasteiger charge is 1.94. The highest BCUT2D eigenvalue weighted by atomic mass is 19.3. The maximum atomic E-state index is 11.3. The number of alkyl halides is 2. The second-order valence-electron chi connectivity index (χ2n) is 1.34. The van der Waals surface area contributed by atoms with Crippen molar-refractivity contribution in [3.8, 4) is 0 Å². The van der Waals surface area contributed by atoms with Gasteiger partial charge in [0.1, 0.15) is 0 Å². The molecule has 0 radical (unpaired) electrons. The molecule has 0 unspecified atom stereocenters. The van der Waals surface area contributed by atoms with Crippen LogP contribution in [0.4, 0.5) is 8.78 Å². The quantitative estimate of drug-likeness (QED) is 0.271. The number of halogens is 2. The number of carbonyl (C=O) groups excluding carboxylic acids is 1. The number of carbonyl (C=O) groups is 1. The van der Waals surface area contributed by atoms with E-state index in [1.165, 1.54) is 0 Å². The van der Waals surface area contributed by atoms with Crippen molar-refractivity contribution in [2.75, 3.05) is 0 Å². The molecule has 0 bridgehead atoms. The lowest BCUT2D eigenvalue weighted by molar-refractivity contribution is -0.104. The Morgan fingerprint density at radius 3 is 2.50 bits per heavy atom. The van der Waals surface area contributed by atoms with Crippen LogP contribution < -0.4 is 5.73 Å². The molecule has 0 aliphatic heterocycles. The summed E-state index contributed by atoms with van der Waals surface area (Å²) in [5, 5.41) is 0. The third-order valence-electron chi connectivity index (χ3n) is 0.665. The van der Waals surface area contributed by atoms with Crippen molar-refractivity contribution in [3.05, 3.63) is 11.8 Å². The van der Waals surface area contributed by atoms with Crippen molar-refractivity contribution in [2.45, 2.75) is 6.55 Å². The van der Waals surface area contributed by atoms with Gasteiger partial charge in [0, 0.05) is 18.0 Å². The smallest absolute Gasteiger partial charge is 0.331 e. The Bertz CT molecular complexity index is 165. The van der Waals surface area contributed by atoms with Gasteiger partial charge >= 0.3 is 6.55 Å². The zero-order valence-electron chi connectivity index (χ0n) is 5.00. The molecule has 2 N–H and O–H groups in total. The predicted molar refractivity (Wildman–Crippen MR) is 32.8 cm³/mol. The number of rotatable bonds is 3. The summed E-state index contributed by atoms with van der Waals surface area (Å²) >= 11 is 0. The van der Waals surface area contributed by atoms with Crippen LogP contribution in [0.15, 0.2) is 16.8 Å². The minimum Gasteiger partial charge on any atom is -0.404 e. The van der Waals surface area contributed by atoms with Gasteiger partial charge in [-0.1, -0.05) is 0 Å². The number of hydrogen-bond donors (Lipinski definition) is 1. The maximum Gasteiger partial charge on any atom is 0.331 e. The van der Waals surface area contributed by atoms with E-state index >= 15 is 0 Å². The van der Waals surface area contributed by atoms with Gasteiger partial charge in [0.15, 0.2) is 6.29 Å². The van der Waals surface area contributed by atoms with Gasteiger partial charge in [-0.15, -0.1) is 0 Å². The predicted octanol–water partition coefficient (Wildman–Crippen LogP) is 0.321. The maximum absolute atomic E-state index is 11.3. The van der Waals surface area contributed by atoms with Crippen LogP contribution >= 0.6 is 0 Å². The minimum atomic E-state index is -2.80. The van der Waals surface area contributed by atoms with Crippen molar-refractivity contribution < 1.29 is 13.6 Å². The summed E-state index contributed by atoms with van der Waals surface area (Å²) in [6.07, 6.45) is 1.96.